The van der Waals surface area contributed by atoms with Gasteiger partial charge in [0.2, 0.25) is 5.91 Å². The summed E-state index contributed by atoms with van der Waals surface area (Å²) in [5.41, 5.74) is 0. The van der Waals surface area contributed by atoms with Crippen molar-refractivity contribution >= 4 is 23.7 Å². The molecule has 3 unspecified atom stereocenters. The minimum absolute atomic E-state index is 0.0131. The summed E-state index contributed by atoms with van der Waals surface area (Å²) in [7, 11) is 0. The van der Waals surface area contributed by atoms with Crippen molar-refractivity contribution in [2.75, 3.05) is 26.0 Å². The molecule has 2 fully saturated rings. The van der Waals surface area contributed by atoms with Crippen LogP contribution < -0.4 is 0 Å². The molecule has 26 heavy (non-hydrogen) atoms. The third-order valence-electron chi connectivity index (χ3n) is 4.58. The van der Waals surface area contributed by atoms with Crippen LogP contribution in [-0.2, 0) is 18.6 Å². The molecule has 1 N–H and O–H groups in total. The third-order valence-corrected chi connectivity index (χ3v) is 4.93. The van der Waals surface area contributed by atoms with E-state index in [2.05, 4.69) is 0 Å². The summed E-state index contributed by atoms with van der Waals surface area (Å²) in [6.07, 6.45) is 10.2. The fourth-order valence-electron chi connectivity index (χ4n) is 3.34. The standard InChI is InChI=1S/C18H28N2O5S/c1-14(22)18(16-13-19(16)25-26-2)20(15-8-11-24-12-9-15)17(23)7-5-3-4-6-10-21/h3-4,6,10,15-16,18,21H,5,7-9,11-13H2,1-2H3/b4-3+,10-6+. The summed E-state index contributed by atoms with van der Waals surface area (Å²) in [6, 6.07) is -0.554. The number of carbonyl (C=O) groups excluding carboxylic acids is 2. The van der Waals surface area contributed by atoms with Gasteiger partial charge in [-0.25, -0.2) is 4.28 Å². The molecule has 0 aromatic carbocycles. The molecule has 2 saturated heterocycles. The number of ketones is 1. The normalized spacial score (nSPS) is 24.8. The van der Waals surface area contributed by atoms with Gasteiger partial charge in [-0.2, -0.15) is 5.06 Å². The summed E-state index contributed by atoms with van der Waals surface area (Å²) in [6.45, 7) is 3.41. The largest absolute Gasteiger partial charge is 0.516 e. The second-order valence-corrected chi connectivity index (χ2v) is 6.90. The molecule has 2 heterocycles. The molecule has 0 radical (unpaired) electrons. The van der Waals surface area contributed by atoms with E-state index in [-0.39, 0.29) is 23.8 Å². The van der Waals surface area contributed by atoms with Crippen molar-refractivity contribution in [3.8, 4) is 0 Å². The molecule has 0 spiro atoms. The van der Waals surface area contributed by atoms with Crippen LogP contribution in [0.15, 0.2) is 24.5 Å². The number of aliphatic hydroxyl groups excluding tert-OH is 1. The molecule has 0 aromatic heterocycles. The second kappa shape index (κ2) is 10.7. The average Bonchev–Trinajstić information content (AvgIpc) is 3.38. The van der Waals surface area contributed by atoms with Crippen LogP contribution in [0.2, 0.25) is 0 Å². The summed E-state index contributed by atoms with van der Waals surface area (Å²) in [5, 5.41) is 10.4. The van der Waals surface area contributed by atoms with Gasteiger partial charge < -0.3 is 14.7 Å². The zero-order valence-electron chi connectivity index (χ0n) is 15.4. The Labute approximate surface area is 159 Å². The molecule has 7 nitrogen and oxygen atoms in total. The second-order valence-electron chi connectivity index (χ2n) is 6.42. The number of aliphatic hydroxyl groups is 1. The van der Waals surface area contributed by atoms with Crippen LogP contribution in [0.25, 0.3) is 0 Å². The molecule has 2 rings (SSSR count). The van der Waals surface area contributed by atoms with Crippen LogP contribution in [0.3, 0.4) is 0 Å². The highest BCUT2D eigenvalue weighted by Crippen LogP contribution is 2.31. The van der Waals surface area contributed by atoms with Gasteiger partial charge in [0.05, 0.1) is 12.3 Å². The van der Waals surface area contributed by atoms with Crippen molar-refractivity contribution in [1.82, 2.24) is 9.96 Å². The van der Waals surface area contributed by atoms with Gasteiger partial charge in [0, 0.05) is 50.5 Å². The number of amides is 1. The summed E-state index contributed by atoms with van der Waals surface area (Å²) >= 11 is 1.24. The first-order valence-corrected chi connectivity index (χ1v) is 10.1. The van der Waals surface area contributed by atoms with Crippen LogP contribution in [0.4, 0.5) is 0 Å². The SMILES string of the molecule is CSON1CC1C(C(C)=O)N(C(=O)CC/C=C/C=C/O)C1CCOCC1. The fraction of sp³-hybridized carbons (Fsp3) is 0.667. The Kier molecular flexibility index (Phi) is 8.64. The van der Waals surface area contributed by atoms with Crippen LogP contribution in [-0.4, -0.2) is 70.9 Å². The van der Waals surface area contributed by atoms with Gasteiger partial charge in [-0.15, -0.1) is 0 Å². The maximum Gasteiger partial charge on any atom is 0.223 e. The number of ether oxygens (including phenoxy) is 1. The number of hydroxylamine groups is 2. The number of nitrogens with zero attached hydrogens (tertiary/aromatic N) is 2. The molecule has 0 aliphatic carbocycles. The zero-order valence-corrected chi connectivity index (χ0v) is 16.2. The van der Waals surface area contributed by atoms with E-state index in [1.165, 1.54) is 18.1 Å². The topological polar surface area (TPSA) is 79.1 Å². The van der Waals surface area contributed by atoms with E-state index >= 15 is 0 Å². The van der Waals surface area contributed by atoms with Gasteiger partial charge >= 0.3 is 0 Å². The van der Waals surface area contributed by atoms with Crippen LogP contribution >= 0.6 is 12.0 Å². The van der Waals surface area contributed by atoms with E-state index in [4.69, 9.17) is 14.1 Å². The first kappa shape index (κ1) is 21.0. The number of hydrogen-bond acceptors (Lipinski definition) is 7. The number of hydrogen-bond donors (Lipinski definition) is 1. The first-order valence-electron chi connectivity index (χ1n) is 8.92. The van der Waals surface area contributed by atoms with E-state index in [1.807, 2.05) is 12.3 Å². The Morgan fingerprint density at radius 2 is 2.12 bits per heavy atom. The molecule has 2 aliphatic heterocycles. The molecule has 1 amide bonds. The van der Waals surface area contributed by atoms with E-state index in [1.54, 1.807) is 23.0 Å². The van der Waals surface area contributed by atoms with Gasteiger partial charge in [0.25, 0.3) is 0 Å². The van der Waals surface area contributed by atoms with Gasteiger partial charge in [-0.3, -0.25) is 9.59 Å². The lowest BCUT2D eigenvalue weighted by molar-refractivity contribution is -0.145. The highest BCUT2D eigenvalue weighted by molar-refractivity contribution is 7.93. The van der Waals surface area contributed by atoms with Gasteiger partial charge in [-0.1, -0.05) is 12.2 Å². The van der Waals surface area contributed by atoms with Crippen molar-refractivity contribution in [2.45, 2.75) is 50.7 Å². The molecular formula is C18H28N2O5S. The quantitative estimate of drug-likeness (QED) is 0.268. The van der Waals surface area contributed by atoms with Crippen LogP contribution in [0.5, 0.6) is 0 Å². The van der Waals surface area contributed by atoms with Gasteiger partial charge in [0.1, 0.15) is 6.04 Å². The number of Topliss-reactive ketones (excluding diaryl/α,β-unsaturated/α-hetero) is 1. The Morgan fingerprint density at radius 1 is 1.38 bits per heavy atom. The summed E-state index contributed by atoms with van der Waals surface area (Å²) in [4.78, 5) is 27.2. The number of allylic oxidation sites excluding steroid dienone is 3. The predicted octanol–water partition coefficient (Wildman–Crippen LogP) is 2.25. The molecule has 2 aliphatic rings. The minimum atomic E-state index is -0.487. The van der Waals surface area contributed by atoms with Crippen molar-refractivity contribution in [3.05, 3.63) is 24.5 Å². The van der Waals surface area contributed by atoms with Crippen molar-refractivity contribution in [1.29, 1.82) is 0 Å². The molecule has 8 heteroatoms. The molecular weight excluding hydrogens is 356 g/mol. The third kappa shape index (κ3) is 5.84. The lowest BCUT2D eigenvalue weighted by Gasteiger charge is -2.39. The highest BCUT2D eigenvalue weighted by Gasteiger charge is 2.50. The number of rotatable bonds is 10. The van der Waals surface area contributed by atoms with E-state index < -0.39 is 6.04 Å². The Bertz CT molecular complexity index is 534. The van der Waals surface area contributed by atoms with E-state index in [0.29, 0.717) is 32.6 Å². The van der Waals surface area contributed by atoms with Gasteiger partial charge in [-0.05, 0) is 32.3 Å². The van der Waals surface area contributed by atoms with Gasteiger partial charge in [0.15, 0.2) is 5.78 Å². The fourth-order valence-corrected chi connectivity index (χ4v) is 3.70. The molecule has 146 valence electrons. The van der Waals surface area contributed by atoms with Crippen LogP contribution in [0, 0.1) is 0 Å². The highest BCUT2D eigenvalue weighted by atomic mass is 32.2. The van der Waals surface area contributed by atoms with Crippen molar-refractivity contribution in [2.24, 2.45) is 0 Å². The first-order chi connectivity index (χ1) is 12.6. The van der Waals surface area contributed by atoms with E-state index in [0.717, 1.165) is 19.1 Å². The molecule has 3 atom stereocenters. The molecule has 0 aromatic rings. The average molecular weight is 384 g/mol. The zero-order chi connectivity index (χ0) is 18.9. The van der Waals surface area contributed by atoms with Crippen LogP contribution in [0.1, 0.15) is 32.6 Å². The summed E-state index contributed by atoms with van der Waals surface area (Å²) < 4.78 is 10.9. The van der Waals surface area contributed by atoms with Crippen molar-refractivity contribution < 1.29 is 23.7 Å². The predicted molar refractivity (Wildman–Crippen MR) is 100 cm³/mol. The lowest BCUT2D eigenvalue weighted by Crippen LogP contribution is -2.54. The lowest BCUT2D eigenvalue weighted by atomic mass is 9.99. The number of carbonyl (C=O) groups is 2. The summed E-state index contributed by atoms with van der Waals surface area (Å²) in [5.74, 6) is -0.0356. The smallest absolute Gasteiger partial charge is 0.223 e. The maximum absolute atomic E-state index is 13.0. The minimum Gasteiger partial charge on any atom is -0.516 e. The Hall–Kier alpha value is -1.35. The monoisotopic (exact) mass is 384 g/mol. The molecule has 0 bridgehead atoms. The van der Waals surface area contributed by atoms with E-state index in [9.17, 15) is 9.59 Å². The maximum atomic E-state index is 13.0. The Morgan fingerprint density at radius 3 is 2.73 bits per heavy atom. The molecule has 0 saturated carbocycles. The Balaban J connectivity index is 2.10. The van der Waals surface area contributed by atoms with Crippen molar-refractivity contribution in [3.63, 3.8) is 0 Å².